The second-order valence-electron chi connectivity index (χ2n) is 6.91. The molecule has 0 spiro atoms. The molecule has 0 aromatic heterocycles. The Hall–Kier alpha value is -0.820. The highest BCUT2D eigenvalue weighted by molar-refractivity contribution is 5.32. The van der Waals surface area contributed by atoms with Crippen LogP contribution in [0.25, 0.3) is 0 Å². The smallest absolute Gasteiger partial charge is 0.00228 e. The van der Waals surface area contributed by atoms with Crippen molar-refractivity contribution < 1.29 is 0 Å². The van der Waals surface area contributed by atoms with Gasteiger partial charge in [0.25, 0.3) is 0 Å². The fourth-order valence-corrected chi connectivity index (χ4v) is 3.70. The van der Waals surface area contributed by atoms with Crippen molar-refractivity contribution in [2.45, 2.75) is 71.6 Å². The number of benzene rings is 1. The van der Waals surface area contributed by atoms with Gasteiger partial charge in [0.15, 0.2) is 0 Å². The van der Waals surface area contributed by atoms with Gasteiger partial charge in [0.05, 0.1) is 0 Å². The summed E-state index contributed by atoms with van der Waals surface area (Å²) in [6, 6.07) is 7.14. The maximum absolute atomic E-state index is 3.69. The van der Waals surface area contributed by atoms with Gasteiger partial charge in [-0.05, 0) is 68.2 Å². The molecule has 0 amide bonds. The van der Waals surface area contributed by atoms with E-state index in [1.807, 2.05) is 0 Å². The first-order chi connectivity index (χ1) is 10.2. The average Bonchev–Trinajstić information content (AvgIpc) is 2.76. The predicted molar refractivity (Wildman–Crippen MR) is 93.0 cm³/mol. The molecule has 1 aromatic rings. The van der Waals surface area contributed by atoms with E-state index in [0.29, 0.717) is 5.92 Å². The normalized spacial score (nSPS) is 18.4. The third-order valence-corrected chi connectivity index (χ3v) is 5.22. The van der Waals surface area contributed by atoms with E-state index in [0.717, 1.165) is 19.0 Å². The Labute approximate surface area is 131 Å². The zero-order valence-electron chi connectivity index (χ0n) is 14.3. The number of nitrogens with one attached hydrogen (secondary N) is 1. The Kier molecular flexibility index (Phi) is 6.76. The first-order valence-corrected chi connectivity index (χ1v) is 9.00. The summed E-state index contributed by atoms with van der Waals surface area (Å²) in [5, 5.41) is 3.69. The number of hydrogen-bond donors (Lipinski definition) is 1. The Morgan fingerprint density at radius 3 is 2.38 bits per heavy atom. The van der Waals surface area contributed by atoms with Gasteiger partial charge in [-0.1, -0.05) is 50.8 Å². The van der Waals surface area contributed by atoms with E-state index in [4.69, 9.17) is 0 Å². The monoisotopic (exact) mass is 287 g/mol. The van der Waals surface area contributed by atoms with Crippen LogP contribution < -0.4 is 5.32 Å². The van der Waals surface area contributed by atoms with Crippen LogP contribution in [0.4, 0.5) is 0 Å². The molecule has 2 rings (SSSR count). The molecule has 1 fully saturated rings. The van der Waals surface area contributed by atoms with Gasteiger partial charge in [-0.3, -0.25) is 0 Å². The lowest BCUT2D eigenvalue weighted by Gasteiger charge is -2.28. The Balaban J connectivity index is 2.14. The maximum atomic E-state index is 3.69. The van der Waals surface area contributed by atoms with E-state index in [1.54, 1.807) is 5.56 Å². The standard InChI is InChI=1S/C20H33N/c1-4-13-21-15-20(18-9-7-5-6-8-10-18)19-12-11-16(2)17(3)14-19/h11-12,14,18,20-21H,4-10,13,15H2,1-3H3. The minimum atomic E-state index is 0.703. The number of rotatable bonds is 6. The summed E-state index contributed by atoms with van der Waals surface area (Å²) < 4.78 is 0. The molecule has 118 valence electrons. The van der Waals surface area contributed by atoms with Gasteiger partial charge in [-0.15, -0.1) is 0 Å². The molecule has 21 heavy (non-hydrogen) atoms. The van der Waals surface area contributed by atoms with Crippen LogP contribution in [0.1, 0.15) is 74.5 Å². The third kappa shape index (κ3) is 4.85. The van der Waals surface area contributed by atoms with E-state index in [-0.39, 0.29) is 0 Å². The molecule has 1 aliphatic rings. The molecule has 0 aliphatic heterocycles. The molecule has 1 aromatic carbocycles. The van der Waals surface area contributed by atoms with Crippen LogP contribution in [-0.4, -0.2) is 13.1 Å². The van der Waals surface area contributed by atoms with Crippen LogP contribution in [0, 0.1) is 19.8 Å². The topological polar surface area (TPSA) is 12.0 Å². The van der Waals surface area contributed by atoms with E-state index >= 15 is 0 Å². The van der Waals surface area contributed by atoms with Crippen LogP contribution >= 0.6 is 0 Å². The van der Waals surface area contributed by atoms with Crippen molar-refractivity contribution in [3.05, 3.63) is 34.9 Å². The van der Waals surface area contributed by atoms with Gasteiger partial charge in [0, 0.05) is 6.54 Å². The SMILES string of the molecule is CCCNCC(c1ccc(C)c(C)c1)C1CCCCCC1. The maximum Gasteiger partial charge on any atom is 0.00228 e. The van der Waals surface area contributed by atoms with Crippen molar-refractivity contribution >= 4 is 0 Å². The Morgan fingerprint density at radius 2 is 1.76 bits per heavy atom. The van der Waals surface area contributed by atoms with Gasteiger partial charge in [0.2, 0.25) is 0 Å². The van der Waals surface area contributed by atoms with Crippen molar-refractivity contribution in [3.63, 3.8) is 0 Å². The molecule has 1 aliphatic carbocycles. The highest BCUT2D eigenvalue weighted by Crippen LogP contribution is 2.35. The zero-order valence-corrected chi connectivity index (χ0v) is 14.3. The Bertz CT molecular complexity index is 416. The lowest BCUT2D eigenvalue weighted by Crippen LogP contribution is -2.27. The molecular formula is C20H33N. The van der Waals surface area contributed by atoms with Crippen LogP contribution in [0.3, 0.4) is 0 Å². The first-order valence-electron chi connectivity index (χ1n) is 9.00. The lowest BCUT2D eigenvalue weighted by atomic mass is 9.80. The molecule has 0 radical (unpaired) electrons. The summed E-state index contributed by atoms with van der Waals surface area (Å²) in [5.74, 6) is 1.58. The molecular weight excluding hydrogens is 254 g/mol. The first kappa shape index (κ1) is 16.5. The molecule has 0 saturated heterocycles. The molecule has 1 unspecified atom stereocenters. The van der Waals surface area contributed by atoms with E-state index in [1.165, 1.54) is 56.1 Å². The number of aryl methyl sites for hydroxylation is 2. The largest absolute Gasteiger partial charge is 0.316 e. The van der Waals surface area contributed by atoms with Gasteiger partial charge in [-0.25, -0.2) is 0 Å². The third-order valence-electron chi connectivity index (χ3n) is 5.22. The molecule has 0 heterocycles. The predicted octanol–water partition coefficient (Wildman–Crippen LogP) is 5.36. The summed E-state index contributed by atoms with van der Waals surface area (Å²) in [6.07, 6.45) is 9.82. The van der Waals surface area contributed by atoms with Crippen LogP contribution in [0.5, 0.6) is 0 Å². The molecule has 1 saturated carbocycles. The highest BCUT2D eigenvalue weighted by Gasteiger charge is 2.24. The van der Waals surface area contributed by atoms with Gasteiger partial charge in [-0.2, -0.15) is 0 Å². The molecule has 1 heteroatoms. The summed E-state index contributed by atoms with van der Waals surface area (Å²) >= 11 is 0. The van der Waals surface area contributed by atoms with Crippen molar-refractivity contribution in [1.82, 2.24) is 5.32 Å². The molecule has 1 N–H and O–H groups in total. The molecule has 1 nitrogen and oxygen atoms in total. The van der Waals surface area contributed by atoms with Crippen molar-refractivity contribution in [3.8, 4) is 0 Å². The molecule has 0 bridgehead atoms. The summed E-state index contributed by atoms with van der Waals surface area (Å²) in [6.45, 7) is 9.02. The summed E-state index contributed by atoms with van der Waals surface area (Å²) in [5.41, 5.74) is 4.43. The quantitative estimate of drug-likeness (QED) is 0.549. The highest BCUT2D eigenvalue weighted by atomic mass is 14.9. The molecule has 1 atom stereocenters. The second kappa shape index (κ2) is 8.58. The van der Waals surface area contributed by atoms with Gasteiger partial charge < -0.3 is 5.32 Å². The minimum Gasteiger partial charge on any atom is -0.316 e. The number of hydrogen-bond acceptors (Lipinski definition) is 1. The fraction of sp³-hybridized carbons (Fsp3) is 0.700. The van der Waals surface area contributed by atoms with Gasteiger partial charge in [0.1, 0.15) is 0 Å². The summed E-state index contributed by atoms with van der Waals surface area (Å²) in [4.78, 5) is 0. The lowest BCUT2D eigenvalue weighted by molar-refractivity contribution is 0.361. The van der Waals surface area contributed by atoms with Gasteiger partial charge >= 0.3 is 0 Å². The minimum absolute atomic E-state index is 0.703. The second-order valence-corrected chi connectivity index (χ2v) is 6.91. The van der Waals surface area contributed by atoms with Crippen molar-refractivity contribution in [2.75, 3.05) is 13.1 Å². The van der Waals surface area contributed by atoms with Crippen LogP contribution in [-0.2, 0) is 0 Å². The zero-order chi connectivity index (χ0) is 15.1. The van der Waals surface area contributed by atoms with Crippen molar-refractivity contribution in [1.29, 1.82) is 0 Å². The van der Waals surface area contributed by atoms with Crippen LogP contribution in [0.15, 0.2) is 18.2 Å². The average molecular weight is 287 g/mol. The van der Waals surface area contributed by atoms with Crippen LogP contribution in [0.2, 0.25) is 0 Å². The van der Waals surface area contributed by atoms with E-state index < -0.39 is 0 Å². The fourth-order valence-electron chi connectivity index (χ4n) is 3.70. The summed E-state index contributed by atoms with van der Waals surface area (Å²) in [7, 11) is 0. The van der Waals surface area contributed by atoms with E-state index in [2.05, 4.69) is 44.3 Å². The van der Waals surface area contributed by atoms with Crippen molar-refractivity contribution in [2.24, 2.45) is 5.92 Å². The Morgan fingerprint density at radius 1 is 1.05 bits per heavy atom. The van der Waals surface area contributed by atoms with E-state index in [9.17, 15) is 0 Å².